The van der Waals surface area contributed by atoms with Gasteiger partial charge in [0.05, 0.1) is 6.04 Å². The number of benzene rings is 1. The van der Waals surface area contributed by atoms with Gasteiger partial charge in [-0.15, -0.1) is 0 Å². The van der Waals surface area contributed by atoms with E-state index in [0.29, 0.717) is 11.5 Å². The Balaban J connectivity index is 2.06. The van der Waals surface area contributed by atoms with Crippen molar-refractivity contribution >= 4 is 23.1 Å². The molecule has 0 spiro atoms. The number of carbonyl (C=O) groups excluding carboxylic acids is 1. The van der Waals surface area contributed by atoms with E-state index >= 15 is 0 Å². The average molecular weight is 304 g/mol. The second kappa shape index (κ2) is 4.91. The normalized spacial score (nSPS) is 24.2. The summed E-state index contributed by atoms with van der Waals surface area (Å²) >= 11 is 5.25. The van der Waals surface area contributed by atoms with E-state index < -0.39 is 0 Å². The Morgan fingerprint density at radius 2 is 1.90 bits per heavy atom. The van der Waals surface area contributed by atoms with E-state index in [0.717, 1.165) is 23.3 Å². The second-order valence-electron chi connectivity index (χ2n) is 6.42. The van der Waals surface area contributed by atoms with Crippen molar-refractivity contribution in [2.45, 2.75) is 32.7 Å². The van der Waals surface area contributed by atoms with E-state index in [1.54, 1.807) is 12.1 Å². The zero-order valence-corrected chi connectivity index (χ0v) is 12.8. The number of nitrogens with one attached hydrogen (secondary N) is 2. The molecule has 1 atom stereocenters. The lowest BCUT2D eigenvalue weighted by molar-refractivity contribution is -0.118. The fourth-order valence-electron chi connectivity index (χ4n) is 3.06. The van der Waals surface area contributed by atoms with Crippen molar-refractivity contribution < 1.29 is 9.18 Å². The summed E-state index contributed by atoms with van der Waals surface area (Å²) in [5.41, 5.74) is 2.41. The molecule has 0 aromatic heterocycles. The minimum absolute atomic E-state index is 0.0663. The predicted molar refractivity (Wildman–Crippen MR) is 83.1 cm³/mol. The van der Waals surface area contributed by atoms with E-state index in [-0.39, 0.29) is 23.1 Å². The quantitative estimate of drug-likeness (QED) is 0.783. The van der Waals surface area contributed by atoms with Gasteiger partial charge in [-0.1, -0.05) is 26.0 Å². The topological polar surface area (TPSA) is 41.1 Å². The molecule has 3 nitrogen and oxygen atoms in total. The van der Waals surface area contributed by atoms with E-state index in [4.69, 9.17) is 12.2 Å². The first-order chi connectivity index (χ1) is 9.85. The van der Waals surface area contributed by atoms with Crippen molar-refractivity contribution in [1.29, 1.82) is 0 Å². The Morgan fingerprint density at radius 3 is 2.57 bits per heavy atom. The fourth-order valence-corrected chi connectivity index (χ4v) is 3.30. The lowest BCUT2D eigenvalue weighted by Crippen LogP contribution is -2.48. The number of hydrogen-bond acceptors (Lipinski definition) is 2. The average Bonchev–Trinajstić information content (AvgIpc) is 2.36. The Hall–Kier alpha value is -1.75. The van der Waals surface area contributed by atoms with Gasteiger partial charge < -0.3 is 10.6 Å². The number of rotatable bonds is 1. The maximum Gasteiger partial charge on any atom is 0.171 e. The lowest BCUT2D eigenvalue weighted by Gasteiger charge is -2.39. The maximum atomic E-state index is 13.1. The second-order valence-corrected chi connectivity index (χ2v) is 6.82. The van der Waals surface area contributed by atoms with E-state index in [9.17, 15) is 9.18 Å². The molecule has 2 aliphatic rings. The molecule has 0 bridgehead atoms. The maximum absolute atomic E-state index is 13.1. The molecule has 1 aliphatic heterocycles. The molecular weight excluding hydrogens is 287 g/mol. The Morgan fingerprint density at radius 1 is 1.24 bits per heavy atom. The molecule has 1 aromatic carbocycles. The molecule has 0 amide bonds. The Bertz CT molecular complexity index is 649. The van der Waals surface area contributed by atoms with Crippen molar-refractivity contribution in [3.8, 4) is 0 Å². The van der Waals surface area contributed by atoms with Gasteiger partial charge in [0.2, 0.25) is 0 Å². The first-order valence-corrected chi connectivity index (χ1v) is 7.36. The number of Topliss-reactive ketones (excluding diaryl/α,β-unsaturated/α-hetero) is 1. The number of thiocarbonyl (C=S) groups is 1. The van der Waals surface area contributed by atoms with Crippen LogP contribution in [-0.2, 0) is 4.79 Å². The SMILES string of the molecule is CC1(C)CC(=O)C2=C(C1)NC(=S)NC2c1ccc(F)cc1. The minimum Gasteiger partial charge on any atom is -0.351 e. The molecule has 1 heterocycles. The van der Waals surface area contributed by atoms with Crippen LogP contribution in [0.25, 0.3) is 0 Å². The van der Waals surface area contributed by atoms with Gasteiger partial charge in [-0.3, -0.25) is 4.79 Å². The first-order valence-electron chi connectivity index (χ1n) is 6.95. The summed E-state index contributed by atoms with van der Waals surface area (Å²) < 4.78 is 13.1. The van der Waals surface area contributed by atoms with Crippen LogP contribution < -0.4 is 10.6 Å². The molecule has 0 saturated heterocycles. The molecule has 0 fully saturated rings. The van der Waals surface area contributed by atoms with Crippen LogP contribution in [0.3, 0.4) is 0 Å². The monoisotopic (exact) mass is 304 g/mol. The van der Waals surface area contributed by atoms with Crippen molar-refractivity contribution in [2.24, 2.45) is 5.41 Å². The zero-order valence-electron chi connectivity index (χ0n) is 12.0. The highest BCUT2D eigenvalue weighted by Gasteiger charge is 2.39. The van der Waals surface area contributed by atoms with Gasteiger partial charge in [-0.2, -0.15) is 0 Å². The number of hydrogen-bond donors (Lipinski definition) is 2. The molecular formula is C16H17FN2OS. The van der Waals surface area contributed by atoms with Gasteiger partial charge in [-0.25, -0.2) is 4.39 Å². The van der Waals surface area contributed by atoms with Crippen molar-refractivity contribution in [2.75, 3.05) is 0 Å². The number of allylic oxidation sites excluding steroid dienone is 1. The van der Waals surface area contributed by atoms with Crippen LogP contribution >= 0.6 is 12.2 Å². The summed E-state index contributed by atoms with van der Waals surface area (Å²) in [6.07, 6.45) is 1.30. The molecule has 110 valence electrons. The molecule has 1 unspecified atom stereocenters. The third-order valence-corrected chi connectivity index (χ3v) is 4.17. The standard InChI is InChI=1S/C16H17FN2OS/c1-16(2)7-11-13(12(20)8-16)14(19-15(21)18-11)9-3-5-10(17)6-4-9/h3-6,14H,7-8H2,1-2H3,(H2,18,19,21). The van der Waals surface area contributed by atoms with Gasteiger partial charge in [0.1, 0.15) is 5.82 Å². The molecule has 2 N–H and O–H groups in total. The molecule has 0 radical (unpaired) electrons. The van der Waals surface area contributed by atoms with E-state index in [1.807, 2.05) is 0 Å². The molecule has 5 heteroatoms. The summed E-state index contributed by atoms with van der Waals surface area (Å²) in [6.45, 7) is 4.16. The summed E-state index contributed by atoms with van der Waals surface area (Å²) in [7, 11) is 0. The van der Waals surface area contributed by atoms with Gasteiger partial charge in [0.15, 0.2) is 10.9 Å². The van der Waals surface area contributed by atoms with Crippen molar-refractivity contribution in [3.05, 3.63) is 46.9 Å². The number of carbonyl (C=O) groups is 1. The summed E-state index contributed by atoms with van der Waals surface area (Å²) in [5, 5.41) is 6.76. The smallest absolute Gasteiger partial charge is 0.171 e. The van der Waals surface area contributed by atoms with Crippen LogP contribution in [0.1, 0.15) is 38.3 Å². The summed E-state index contributed by atoms with van der Waals surface area (Å²) in [6, 6.07) is 5.90. The Kier molecular flexibility index (Phi) is 3.32. The number of halogens is 1. The first kappa shape index (κ1) is 14.2. The highest BCUT2D eigenvalue weighted by molar-refractivity contribution is 7.80. The largest absolute Gasteiger partial charge is 0.351 e. The molecule has 21 heavy (non-hydrogen) atoms. The highest BCUT2D eigenvalue weighted by Crippen LogP contribution is 2.41. The van der Waals surface area contributed by atoms with Crippen LogP contribution in [0.5, 0.6) is 0 Å². The van der Waals surface area contributed by atoms with Crippen LogP contribution in [0.15, 0.2) is 35.5 Å². The predicted octanol–water partition coefficient (Wildman–Crippen LogP) is 2.99. The fraction of sp³-hybridized carbons (Fsp3) is 0.375. The van der Waals surface area contributed by atoms with Gasteiger partial charge in [0.25, 0.3) is 0 Å². The molecule has 0 saturated carbocycles. The van der Waals surface area contributed by atoms with Gasteiger partial charge in [-0.05, 0) is 41.7 Å². The molecule has 3 rings (SSSR count). The Labute approximate surface area is 128 Å². The van der Waals surface area contributed by atoms with Crippen LogP contribution in [0.4, 0.5) is 4.39 Å². The lowest BCUT2D eigenvalue weighted by atomic mass is 9.73. The van der Waals surface area contributed by atoms with Crippen molar-refractivity contribution in [3.63, 3.8) is 0 Å². The molecule has 1 aliphatic carbocycles. The molecule has 1 aromatic rings. The van der Waals surface area contributed by atoms with Gasteiger partial charge in [0, 0.05) is 17.7 Å². The van der Waals surface area contributed by atoms with E-state index in [2.05, 4.69) is 24.5 Å². The summed E-state index contributed by atoms with van der Waals surface area (Å²) in [4.78, 5) is 12.5. The number of ketones is 1. The van der Waals surface area contributed by atoms with Crippen LogP contribution in [0.2, 0.25) is 0 Å². The third-order valence-electron chi connectivity index (χ3n) is 3.95. The van der Waals surface area contributed by atoms with Crippen molar-refractivity contribution in [1.82, 2.24) is 10.6 Å². The highest BCUT2D eigenvalue weighted by atomic mass is 32.1. The zero-order chi connectivity index (χ0) is 15.2. The summed E-state index contributed by atoms with van der Waals surface area (Å²) in [5.74, 6) is -0.168. The van der Waals surface area contributed by atoms with Crippen LogP contribution in [-0.4, -0.2) is 10.9 Å². The minimum atomic E-state index is -0.294. The van der Waals surface area contributed by atoms with E-state index in [1.165, 1.54) is 12.1 Å². The van der Waals surface area contributed by atoms with Gasteiger partial charge >= 0.3 is 0 Å². The van der Waals surface area contributed by atoms with Crippen LogP contribution in [0, 0.1) is 11.2 Å². The third kappa shape index (κ3) is 2.70.